The van der Waals surface area contributed by atoms with Gasteiger partial charge in [0.2, 0.25) is 0 Å². The summed E-state index contributed by atoms with van der Waals surface area (Å²) in [5.41, 5.74) is 7.05. The molecule has 1 saturated heterocycles. The van der Waals surface area contributed by atoms with Crippen LogP contribution in [0, 0.1) is 5.92 Å². The number of anilines is 1. The molecule has 116 valence electrons. The van der Waals surface area contributed by atoms with Crippen LogP contribution in [0.4, 0.5) is 5.69 Å². The van der Waals surface area contributed by atoms with E-state index in [1.807, 2.05) is 11.0 Å². The van der Waals surface area contributed by atoms with E-state index in [1.54, 1.807) is 19.2 Å². The predicted molar refractivity (Wildman–Crippen MR) is 85.6 cm³/mol. The van der Waals surface area contributed by atoms with Gasteiger partial charge in [0.25, 0.3) is 5.91 Å². The van der Waals surface area contributed by atoms with E-state index < -0.39 is 0 Å². The number of carbonyl (C=O) groups is 1. The first-order valence-electron chi connectivity index (χ1n) is 7.89. The van der Waals surface area contributed by atoms with Crippen LogP contribution in [0.3, 0.4) is 0 Å². The topological polar surface area (TPSA) is 55.6 Å². The summed E-state index contributed by atoms with van der Waals surface area (Å²) >= 11 is 0. The minimum Gasteiger partial charge on any atom is -0.495 e. The summed E-state index contributed by atoms with van der Waals surface area (Å²) in [5.74, 6) is 1.36. The van der Waals surface area contributed by atoms with Gasteiger partial charge in [0.1, 0.15) is 5.75 Å². The van der Waals surface area contributed by atoms with Crippen molar-refractivity contribution in [2.24, 2.45) is 5.92 Å². The molecular weight excluding hydrogens is 264 g/mol. The highest BCUT2D eigenvalue weighted by atomic mass is 16.5. The number of carbonyl (C=O) groups excluding carboxylic acids is 1. The predicted octanol–water partition coefficient (Wildman–Crippen LogP) is 3.32. The summed E-state index contributed by atoms with van der Waals surface area (Å²) in [6, 6.07) is 5.39. The van der Waals surface area contributed by atoms with Crippen LogP contribution in [-0.4, -0.2) is 31.0 Å². The standard InChI is InChI=1S/C17H26N2O2/c1-3-6-13-7-5-11-19(12-10-13)17(20)14-8-4-9-15(21-2)16(14)18/h4,8-9,13H,3,5-7,10-12,18H2,1-2H3. The third-order valence-corrected chi connectivity index (χ3v) is 4.35. The van der Waals surface area contributed by atoms with Crippen molar-refractivity contribution in [2.45, 2.75) is 39.0 Å². The molecule has 0 spiro atoms. The van der Waals surface area contributed by atoms with Crippen molar-refractivity contribution in [3.8, 4) is 5.75 Å². The number of nitrogens with zero attached hydrogens (tertiary/aromatic N) is 1. The van der Waals surface area contributed by atoms with Crippen LogP contribution >= 0.6 is 0 Å². The van der Waals surface area contributed by atoms with Gasteiger partial charge in [-0.15, -0.1) is 0 Å². The number of methoxy groups -OCH3 is 1. The molecule has 4 heteroatoms. The van der Waals surface area contributed by atoms with E-state index in [0.29, 0.717) is 17.0 Å². The fraction of sp³-hybridized carbons (Fsp3) is 0.588. The Hall–Kier alpha value is -1.71. The molecule has 0 bridgehead atoms. The van der Waals surface area contributed by atoms with E-state index in [4.69, 9.17) is 10.5 Å². The van der Waals surface area contributed by atoms with Gasteiger partial charge in [0.05, 0.1) is 18.4 Å². The van der Waals surface area contributed by atoms with Crippen LogP contribution in [0.2, 0.25) is 0 Å². The fourth-order valence-electron chi connectivity index (χ4n) is 3.14. The smallest absolute Gasteiger partial charge is 0.256 e. The van der Waals surface area contributed by atoms with Gasteiger partial charge in [0, 0.05) is 13.1 Å². The number of ether oxygens (including phenoxy) is 1. The molecule has 21 heavy (non-hydrogen) atoms. The molecule has 2 rings (SSSR count). The lowest BCUT2D eigenvalue weighted by Crippen LogP contribution is -2.32. The number of rotatable bonds is 4. The zero-order valence-electron chi connectivity index (χ0n) is 13.1. The van der Waals surface area contributed by atoms with Gasteiger partial charge in [-0.1, -0.05) is 25.8 Å². The van der Waals surface area contributed by atoms with Crippen LogP contribution in [0.25, 0.3) is 0 Å². The third-order valence-electron chi connectivity index (χ3n) is 4.35. The minimum absolute atomic E-state index is 0.0311. The number of hydrogen-bond donors (Lipinski definition) is 1. The third kappa shape index (κ3) is 3.69. The van der Waals surface area contributed by atoms with Gasteiger partial charge in [-0.05, 0) is 37.3 Å². The van der Waals surface area contributed by atoms with E-state index in [-0.39, 0.29) is 5.91 Å². The molecule has 1 aliphatic heterocycles. The first-order chi connectivity index (χ1) is 10.2. The number of nitrogen functional groups attached to an aromatic ring is 1. The first kappa shape index (κ1) is 15.7. The molecule has 0 aromatic heterocycles. The molecule has 1 aliphatic rings. The van der Waals surface area contributed by atoms with E-state index in [9.17, 15) is 4.79 Å². The summed E-state index contributed by atoms with van der Waals surface area (Å²) in [7, 11) is 1.57. The van der Waals surface area contributed by atoms with Gasteiger partial charge < -0.3 is 15.4 Å². The molecule has 1 amide bonds. The number of hydrogen-bond acceptors (Lipinski definition) is 3. The summed E-state index contributed by atoms with van der Waals surface area (Å²) in [5, 5.41) is 0. The molecule has 0 radical (unpaired) electrons. The molecule has 1 atom stereocenters. The number of likely N-dealkylation sites (tertiary alicyclic amines) is 1. The van der Waals surface area contributed by atoms with Crippen LogP contribution in [0.1, 0.15) is 49.4 Å². The second kappa shape index (κ2) is 7.34. The Kier molecular flexibility index (Phi) is 5.48. The Labute approximate surface area is 127 Å². The Morgan fingerprint density at radius 3 is 2.90 bits per heavy atom. The molecule has 1 fully saturated rings. The number of amides is 1. The van der Waals surface area contributed by atoms with Gasteiger partial charge in [-0.25, -0.2) is 0 Å². The molecule has 2 N–H and O–H groups in total. The van der Waals surface area contributed by atoms with Crippen molar-refractivity contribution in [1.29, 1.82) is 0 Å². The van der Waals surface area contributed by atoms with E-state index in [1.165, 1.54) is 19.3 Å². The minimum atomic E-state index is 0.0311. The maximum absolute atomic E-state index is 12.7. The molecule has 1 unspecified atom stereocenters. The fourth-order valence-corrected chi connectivity index (χ4v) is 3.14. The average Bonchev–Trinajstić information content (AvgIpc) is 2.73. The van der Waals surface area contributed by atoms with E-state index in [2.05, 4.69) is 6.92 Å². The van der Waals surface area contributed by atoms with Crippen molar-refractivity contribution in [1.82, 2.24) is 4.90 Å². The number of nitrogens with two attached hydrogens (primary N) is 1. The van der Waals surface area contributed by atoms with Crippen molar-refractivity contribution < 1.29 is 9.53 Å². The lowest BCUT2D eigenvalue weighted by atomic mass is 9.96. The zero-order chi connectivity index (χ0) is 15.2. The van der Waals surface area contributed by atoms with Crippen molar-refractivity contribution in [3.05, 3.63) is 23.8 Å². The quantitative estimate of drug-likeness (QED) is 0.865. The van der Waals surface area contributed by atoms with Crippen molar-refractivity contribution in [3.63, 3.8) is 0 Å². The van der Waals surface area contributed by atoms with E-state index >= 15 is 0 Å². The van der Waals surface area contributed by atoms with E-state index in [0.717, 1.165) is 31.8 Å². The molecule has 4 nitrogen and oxygen atoms in total. The van der Waals surface area contributed by atoms with Gasteiger partial charge in [-0.2, -0.15) is 0 Å². The molecule has 1 aromatic carbocycles. The van der Waals surface area contributed by atoms with Crippen LogP contribution < -0.4 is 10.5 Å². The molecule has 0 saturated carbocycles. The first-order valence-corrected chi connectivity index (χ1v) is 7.89. The van der Waals surface area contributed by atoms with Crippen molar-refractivity contribution >= 4 is 11.6 Å². The number of para-hydroxylation sites is 1. The van der Waals surface area contributed by atoms with Crippen molar-refractivity contribution in [2.75, 3.05) is 25.9 Å². The Bertz CT molecular complexity index is 488. The number of benzene rings is 1. The van der Waals surface area contributed by atoms with Gasteiger partial charge in [-0.3, -0.25) is 4.79 Å². The molecular formula is C17H26N2O2. The second-order valence-corrected chi connectivity index (χ2v) is 5.80. The highest BCUT2D eigenvalue weighted by molar-refractivity contribution is 6.00. The SMILES string of the molecule is CCCC1CCCN(C(=O)c2cccc(OC)c2N)CC1. The lowest BCUT2D eigenvalue weighted by Gasteiger charge is -2.22. The zero-order valence-corrected chi connectivity index (χ0v) is 13.1. The normalized spacial score (nSPS) is 19.1. The van der Waals surface area contributed by atoms with Crippen LogP contribution in [-0.2, 0) is 0 Å². The monoisotopic (exact) mass is 290 g/mol. The maximum Gasteiger partial charge on any atom is 0.256 e. The average molecular weight is 290 g/mol. The van der Waals surface area contributed by atoms with Crippen LogP contribution in [0.15, 0.2) is 18.2 Å². The van der Waals surface area contributed by atoms with Gasteiger partial charge in [0.15, 0.2) is 0 Å². The molecule has 1 aromatic rings. The summed E-state index contributed by atoms with van der Waals surface area (Å²) < 4.78 is 5.20. The Morgan fingerprint density at radius 1 is 1.38 bits per heavy atom. The summed E-state index contributed by atoms with van der Waals surface area (Å²) in [6.45, 7) is 3.89. The largest absolute Gasteiger partial charge is 0.495 e. The Balaban J connectivity index is 2.10. The van der Waals surface area contributed by atoms with Gasteiger partial charge >= 0.3 is 0 Å². The lowest BCUT2D eigenvalue weighted by molar-refractivity contribution is 0.0760. The molecule has 1 heterocycles. The highest BCUT2D eigenvalue weighted by Gasteiger charge is 2.23. The van der Waals surface area contributed by atoms with Crippen LogP contribution in [0.5, 0.6) is 5.75 Å². The highest BCUT2D eigenvalue weighted by Crippen LogP contribution is 2.28. The summed E-state index contributed by atoms with van der Waals surface area (Å²) in [6.07, 6.45) is 5.90. The molecule has 0 aliphatic carbocycles. The second-order valence-electron chi connectivity index (χ2n) is 5.80. The maximum atomic E-state index is 12.7. The Morgan fingerprint density at radius 2 is 2.19 bits per heavy atom. The summed E-state index contributed by atoms with van der Waals surface area (Å²) in [4.78, 5) is 14.6.